The van der Waals surface area contributed by atoms with E-state index in [1.165, 1.54) is 0 Å². The van der Waals surface area contributed by atoms with Crippen molar-refractivity contribution in [3.63, 3.8) is 0 Å². The molecular formula is C10H11NO2. The lowest BCUT2D eigenvalue weighted by molar-refractivity contribution is 0.405. The van der Waals surface area contributed by atoms with Gasteiger partial charge in [0.2, 0.25) is 0 Å². The Kier molecular flexibility index (Phi) is 2.39. The minimum atomic E-state index is -0.0753. The number of phenols is 2. The van der Waals surface area contributed by atoms with Crippen LogP contribution in [0.25, 0.3) is 10.8 Å². The van der Waals surface area contributed by atoms with Crippen molar-refractivity contribution in [2.75, 3.05) is 0 Å². The zero-order chi connectivity index (χ0) is 8.55. The summed E-state index contributed by atoms with van der Waals surface area (Å²) in [5.41, 5.74) is 0. The maximum atomic E-state index is 9.17. The quantitative estimate of drug-likeness (QED) is 0.541. The standard InChI is InChI=1S/C10H8O2.H3N/c11-9-5-7-3-1-2-4-8(7)6-10(9)12;/h1-6,11-12H;1H3. The van der Waals surface area contributed by atoms with Crippen LogP contribution in [-0.4, -0.2) is 10.2 Å². The van der Waals surface area contributed by atoms with E-state index in [-0.39, 0.29) is 17.6 Å². The molecule has 3 heteroatoms. The summed E-state index contributed by atoms with van der Waals surface area (Å²) < 4.78 is 0. The fourth-order valence-corrected chi connectivity index (χ4v) is 1.22. The Morgan fingerprint density at radius 1 is 0.769 bits per heavy atom. The van der Waals surface area contributed by atoms with Crippen LogP contribution in [0.5, 0.6) is 11.5 Å². The highest BCUT2D eigenvalue weighted by Crippen LogP contribution is 2.29. The van der Waals surface area contributed by atoms with E-state index in [1.807, 2.05) is 24.3 Å². The van der Waals surface area contributed by atoms with Crippen LogP contribution in [-0.2, 0) is 0 Å². The van der Waals surface area contributed by atoms with Crippen LogP contribution in [0.2, 0.25) is 0 Å². The number of benzene rings is 2. The molecule has 5 N–H and O–H groups in total. The number of phenolic OH excluding ortho intramolecular Hbond substituents is 2. The summed E-state index contributed by atoms with van der Waals surface area (Å²) in [5.74, 6) is -0.151. The van der Waals surface area contributed by atoms with Gasteiger partial charge in [0.05, 0.1) is 0 Å². The molecule has 0 spiro atoms. The molecule has 0 amide bonds. The topological polar surface area (TPSA) is 75.5 Å². The average molecular weight is 177 g/mol. The van der Waals surface area contributed by atoms with E-state index in [2.05, 4.69) is 0 Å². The van der Waals surface area contributed by atoms with Gasteiger partial charge in [0.1, 0.15) is 0 Å². The predicted molar refractivity (Wildman–Crippen MR) is 52.3 cm³/mol. The second kappa shape index (κ2) is 3.33. The molecule has 0 saturated heterocycles. The molecule has 0 radical (unpaired) electrons. The third-order valence-electron chi connectivity index (χ3n) is 1.84. The summed E-state index contributed by atoms with van der Waals surface area (Å²) in [6.07, 6.45) is 0. The van der Waals surface area contributed by atoms with Crippen molar-refractivity contribution in [3.05, 3.63) is 36.4 Å². The first-order valence-electron chi connectivity index (χ1n) is 3.68. The first-order valence-corrected chi connectivity index (χ1v) is 3.68. The van der Waals surface area contributed by atoms with Gasteiger partial charge in [0, 0.05) is 0 Å². The molecule has 0 unspecified atom stereocenters. The van der Waals surface area contributed by atoms with Crippen molar-refractivity contribution in [1.29, 1.82) is 0 Å². The van der Waals surface area contributed by atoms with Crippen molar-refractivity contribution in [1.82, 2.24) is 6.15 Å². The molecule has 0 fully saturated rings. The third kappa shape index (κ3) is 1.55. The van der Waals surface area contributed by atoms with Gasteiger partial charge in [0.25, 0.3) is 0 Å². The Labute approximate surface area is 75.8 Å². The highest BCUT2D eigenvalue weighted by atomic mass is 16.3. The van der Waals surface area contributed by atoms with Crippen molar-refractivity contribution in [2.24, 2.45) is 0 Å². The van der Waals surface area contributed by atoms with E-state index < -0.39 is 0 Å². The van der Waals surface area contributed by atoms with Crippen molar-refractivity contribution in [2.45, 2.75) is 0 Å². The number of hydrogen-bond donors (Lipinski definition) is 3. The number of rotatable bonds is 0. The van der Waals surface area contributed by atoms with Crippen molar-refractivity contribution < 1.29 is 10.2 Å². The van der Waals surface area contributed by atoms with Gasteiger partial charge < -0.3 is 16.4 Å². The lowest BCUT2D eigenvalue weighted by Gasteiger charge is -2.00. The SMILES string of the molecule is N.Oc1cc2ccccc2cc1O. The van der Waals surface area contributed by atoms with E-state index in [0.29, 0.717) is 0 Å². The van der Waals surface area contributed by atoms with Crippen LogP contribution in [0.4, 0.5) is 0 Å². The zero-order valence-electron chi connectivity index (χ0n) is 7.07. The largest absolute Gasteiger partial charge is 0.504 e. The van der Waals surface area contributed by atoms with E-state index in [1.54, 1.807) is 12.1 Å². The molecule has 3 nitrogen and oxygen atoms in total. The normalized spacial score (nSPS) is 9.54. The first kappa shape index (κ1) is 9.35. The summed E-state index contributed by atoms with van der Waals surface area (Å²) >= 11 is 0. The lowest BCUT2D eigenvalue weighted by atomic mass is 10.1. The number of aromatic hydroxyl groups is 2. The van der Waals surface area contributed by atoms with Crippen LogP contribution < -0.4 is 6.15 Å². The molecule has 2 aromatic rings. The molecular weight excluding hydrogens is 166 g/mol. The van der Waals surface area contributed by atoms with E-state index >= 15 is 0 Å². The Bertz CT molecular complexity index is 386. The molecule has 13 heavy (non-hydrogen) atoms. The van der Waals surface area contributed by atoms with E-state index in [0.717, 1.165) is 10.8 Å². The molecule has 0 aromatic heterocycles. The van der Waals surface area contributed by atoms with Crippen LogP contribution in [0.1, 0.15) is 0 Å². The summed E-state index contributed by atoms with van der Waals surface area (Å²) in [6.45, 7) is 0. The van der Waals surface area contributed by atoms with Crippen LogP contribution in [0.3, 0.4) is 0 Å². The third-order valence-corrected chi connectivity index (χ3v) is 1.84. The Morgan fingerprint density at radius 2 is 1.15 bits per heavy atom. The smallest absolute Gasteiger partial charge is 0.158 e. The summed E-state index contributed by atoms with van der Waals surface area (Å²) in [5, 5.41) is 20.2. The highest BCUT2D eigenvalue weighted by molar-refractivity contribution is 5.85. The first-order chi connectivity index (χ1) is 5.77. The minimum absolute atomic E-state index is 0. The second-order valence-corrected chi connectivity index (χ2v) is 2.69. The molecule has 0 aliphatic carbocycles. The molecule has 68 valence electrons. The fourth-order valence-electron chi connectivity index (χ4n) is 1.22. The van der Waals surface area contributed by atoms with E-state index in [9.17, 15) is 0 Å². The highest BCUT2D eigenvalue weighted by Gasteiger charge is 1.99. The fraction of sp³-hybridized carbons (Fsp3) is 0. The molecule has 2 aromatic carbocycles. The van der Waals surface area contributed by atoms with Gasteiger partial charge in [-0.2, -0.15) is 0 Å². The number of fused-ring (bicyclic) bond motifs is 1. The van der Waals surface area contributed by atoms with Gasteiger partial charge in [-0.1, -0.05) is 24.3 Å². The molecule has 0 aliphatic heterocycles. The van der Waals surface area contributed by atoms with Gasteiger partial charge in [-0.3, -0.25) is 0 Å². The molecule has 0 aliphatic rings. The minimum Gasteiger partial charge on any atom is -0.504 e. The number of hydrogen-bond acceptors (Lipinski definition) is 3. The van der Waals surface area contributed by atoms with Crippen LogP contribution >= 0.6 is 0 Å². The summed E-state index contributed by atoms with van der Waals surface area (Å²) in [7, 11) is 0. The molecule has 2 rings (SSSR count). The maximum Gasteiger partial charge on any atom is 0.158 e. The van der Waals surface area contributed by atoms with Crippen molar-refractivity contribution >= 4 is 10.8 Å². The van der Waals surface area contributed by atoms with E-state index in [4.69, 9.17) is 10.2 Å². The molecule has 0 atom stereocenters. The molecule has 0 saturated carbocycles. The Hall–Kier alpha value is -1.74. The molecule has 0 bridgehead atoms. The van der Waals surface area contributed by atoms with Gasteiger partial charge in [-0.15, -0.1) is 0 Å². The summed E-state index contributed by atoms with van der Waals surface area (Å²) in [4.78, 5) is 0. The van der Waals surface area contributed by atoms with Gasteiger partial charge >= 0.3 is 0 Å². The van der Waals surface area contributed by atoms with Crippen molar-refractivity contribution in [3.8, 4) is 11.5 Å². The Balaban J connectivity index is 0.000000845. The van der Waals surface area contributed by atoms with Crippen LogP contribution in [0, 0.1) is 0 Å². The second-order valence-electron chi connectivity index (χ2n) is 2.69. The predicted octanol–water partition coefficient (Wildman–Crippen LogP) is 2.41. The summed E-state index contributed by atoms with van der Waals surface area (Å²) in [6, 6.07) is 10.6. The lowest BCUT2D eigenvalue weighted by Crippen LogP contribution is -1.72. The maximum absolute atomic E-state index is 9.17. The monoisotopic (exact) mass is 177 g/mol. The van der Waals surface area contributed by atoms with Gasteiger partial charge in [-0.05, 0) is 22.9 Å². The van der Waals surface area contributed by atoms with Gasteiger partial charge in [0.15, 0.2) is 11.5 Å². The van der Waals surface area contributed by atoms with Gasteiger partial charge in [-0.25, -0.2) is 0 Å². The molecule has 0 heterocycles. The zero-order valence-corrected chi connectivity index (χ0v) is 7.07. The van der Waals surface area contributed by atoms with Crippen LogP contribution in [0.15, 0.2) is 36.4 Å². The average Bonchev–Trinajstić information content (AvgIpc) is 2.07. The Morgan fingerprint density at radius 3 is 1.54 bits per heavy atom.